The second-order valence-electron chi connectivity index (χ2n) is 14.4. The number of alkyl carbamates (subject to hydrolysis) is 2. The summed E-state index contributed by atoms with van der Waals surface area (Å²) in [7, 11) is 2.51. The number of ketones is 1. The average molecular weight is 759 g/mol. The molecule has 8 rings (SSSR count). The highest BCUT2D eigenvalue weighted by Crippen LogP contribution is 2.50. The maximum absolute atomic E-state index is 13.9. The zero-order chi connectivity index (χ0) is 39.1. The van der Waals surface area contributed by atoms with Crippen LogP contribution in [0, 0.1) is 5.92 Å². The number of nitrogens with one attached hydrogen (secondary N) is 4. The Balaban J connectivity index is 0.989. The molecule has 0 radical (unpaired) electrons. The number of ether oxygens (including phenoxy) is 2. The van der Waals surface area contributed by atoms with Crippen LogP contribution in [0.25, 0.3) is 44.5 Å². The number of likely N-dealkylation sites (tertiary alicyclic amines) is 1. The molecule has 15 nitrogen and oxygen atoms in total. The summed E-state index contributed by atoms with van der Waals surface area (Å²) >= 11 is 0. The Kier molecular flexibility index (Phi) is 9.74. The van der Waals surface area contributed by atoms with Gasteiger partial charge in [-0.15, -0.1) is 0 Å². The number of aromatic amines is 2. The lowest BCUT2D eigenvalue weighted by Gasteiger charge is -2.34. The number of nitrogens with zero attached hydrogens (tertiary/aromatic N) is 4. The molecule has 4 amide bonds. The Morgan fingerprint density at radius 3 is 2.27 bits per heavy atom. The van der Waals surface area contributed by atoms with Gasteiger partial charge in [-0.2, -0.15) is 0 Å². The number of carbonyl (C=O) groups is 5. The zero-order valence-electron chi connectivity index (χ0n) is 31.3. The summed E-state index contributed by atoms with van der Waals surface area (Å²) in [6.07, 6.45) is 3.96. The van der Waals surface area contributed by atoms with Crippen molar-refractivity contribution in [1.82, 2.24) is 40.4 Å². The number of methoxy groups -OCH3 is 2. The fourth-order valence-corrected chi connectivity index (χ4v) is 8.45. The number of benzene rings is 3. The smallest absolute Gasteiger partial charge is 0.407 e. The number of fused-ring (bicyclic) bond motifs is 6. The van der Waals surface area contributed by atoms with Gasteiger partial charge in [0.1, 0.15) is 24.7 Å². The Morgan fingerprint density at radius 2 is 1.54 bits per heavy atom. The van der Waals surface area contributed by atoms with E-state index in [-0.39, 0.29) is 55.2 Å². The van der Waals surface area contributed by atoms with Gasteiger partial charge in [-0.05, 0) is 78.1 Å². The van der Waals surface area contributed by atoms with Crippen LogP contribution in [0.4, 0.5) is 9.59 Å². The van der Waals surface area contributed by atoms with Gasteiger partial charge in [0, 0.05) is 29.3 Å². The van der Waals surface area contributed by atoms with Crippen LogP contribution in [0.1, 0.15) is 66.2 Å². The summed E-state index contributed by atoms with van der Waals surface area (Å²) < 4.78 is 9.21. The molecule has 2 aromatic heterocycles. The van der Waals surface area contributed by atoms with E-state index in [9.17, 15) is 24.0 Å². The van der Waals surface area contributed by atoms with Crippen LogP contribution in [-0.2, 0) is 25.6 Å². The van der Waals surface area contributed by atoms with E-state index >= 15 is 0 Å². The van der Waals surface area contributed by atoms with Crippen molar-refractivity contribution < 1.29 is 33.4 Å². The molecule has 0 spiro atoms. The van der Waals surface area contributed by atoms with E-state index in [0.29, 0.717) is 29.2 Å². The van der Waals surface area contributed by atoms with E-state index in [1.165, 1.54) is 14.2 Å². The first kappa shape index (κ1) is 36.5. The molecule has 288 valence electrons. The summed E-state index contributed by atoms with van der Waals surface area (Å²) in [6.45, 7) is 2.37. The van der Waals surface area contributed by atoms with Crippen LogP contribution >= 0.6 is 0 Å². The van der Waals surface area contributed by atoms with Crippen molar-refractivity contribution in [2.24, 2.45) is 5.92 Å². The van der Waals surface area contributed by atoms with Crippen molar-refractivity contribution in [2.45, 2.75) is 51.2 Å². The van der Waals surface area contributed by atoms with Crippen molar-refractivity contribution in [1.29, 1.82) is 0 Å². The number of aromatic nitrogens is 4. The third kappa shape index (κ3) is 6.73. The van der Waals surface area contributed by atoms with E-state index in [0.717, 1.165) is 70.4 Å². The summed E-state index contributed by atoms with van der Waals surface area (Å²) in [5.74, 6) is 1.12. The normalized spacial score (nSPS) is 17.8. The molecule has 4 N–H and O–H groups in total. The van der Waals surface area contributed by atoms with E-state index in [1.807, 2.05) is 66.4 Å². The molecule has 1 saturated heterocycles. The molecular formula is C41H42N8O7. The number of amides is 4. The third-order valence-electron chi connectivity index (χ3n) is 11.1. The van der Waals surface area contributed by atoms with Crippen molar-refractivity contribution in [2.75, 3.05) is 33.9 Å². The molecule has 3 atom stereocenters. The highest BCUT2D eigenvalue weighted by atomic mass is 16.5. The number of rotatable bonds is 11. The molecule has 2 fully saturated rings. The van der Waals surface area contributed by atoms with Crippen molar-refractivity contribution in [3.8, 4) is 33.5 Å². The minimum Gasteiger partial charge on any atom is -0.453 e. The third-order valence-corrected chi connectivity index (χ3v) is 11.1. The van der Waals surface area contributed by atoms with Crippen molar-refractivity contribution >= 4 is 40.8 Å². The van der Waals surface area contributed by atoms with Crippen LogP contribution in [0.15, 0.2) is 60.8 Å². The molecule has 0 unspecified atom stereocenters. The molecule has 3 aromatic carbocycles. The molecule has 2 bridgehead atoms. The largest absolute Gasteiger partial charge is 0.453 e. The SMILES string of the molecule is CCCN(Cc1ncc(-c2ccc3c(c2)C(=O)c2cc(-c4ccc5nc([C@@H]6[C@H]7CC[C@H](C7)N6C(=O)CNC(=O)OC)[nH]c5c4)ccc2-3)[nH]1)C(=O)CNC(=O)OC. The average Bonchev–Trinajstić information content (AvgIpc) is 4.07. The molecule has 1 saturated carbocycles. The molecule has 15 heteroatoms. The number of carbonyl (C=O) groups excluding carboxylic acids is 5. The first-order valence-electron chi connectivity index (χ1n) is 18.8. The predicted molar refractivity (Wildman–Crippen MR) is 205 cm³/mol. The predicted octanol–water partition coefficient (Wildman–Crippen LogP) is 5.33. The van der Waals surface area contributed by atoms with E-state index in [1.54, 1.807) is 11.1 Å². The number of piperidine rings is 1. The second kappa shape index (κ2) is 15.0. The first-order chi connectivity index (χ1) is 27.1. The van der Waals surface area contributed by atoms with Gasteiger partial charge in [0.15, 0.2) is 5.78 Å². The molecule has 56 heavy (non-hydrogen) atoms. The summed E-state index contributed by atoms with van der Waals surface area (Å²) in [6, 6.07) is 17.6. The van der Waals surface area contributed by atoms with E-state index in [2.05, 4.69) is 35.1 Å². The lowest BCUT2D eigenvalue weighted by atomic mass is 9.98. The van der Waals surface area contributed by atoms with Crippen LogP contribution < -0.4 is 10.6 Å². The van der Waals surface area contributed by atoms with Gasteiger partial charge in [-0.25, -0.2) is 19.6 Å². The van der Waals surface area contributed by atoms with Crippen LogP contribution in [0.2, 0.25) is 0 Å². The lowest BCUT2D eigenvalue weighted by molar-refractivity contribution is -0.135. The summed E-state index contributed by atoms with van der Waals surface area (Å²) in [5, 5.41) is 4.94. The second-order valence-corrected chi connectivity index (χ2v) is 14.4. The molecule has 3 heterocycles. The van der Waals surface area contributed by atoms with Gasteiger partial charge >= 0.3 is 12.2 Å². The summed E-state index contributed by atoms with van der Waals surface area (Å²) in [5.41, 5.74) is 7.88. The lowest BCUT2D eigenvalue weighted by Crippen LogP contribution is -2.45. The van der Waals surface area contributed by atoms with Gasteiger partial charge in [-0.3, -0.25) is 14.4 Å². The van der Waals surface area contributed by atoms with Gasteiger partial charge in [0.2, 0.25) is 11.8 Å². The van der Waals surface area contributed by atoms with Gasteiger partial charge in [-0.1, -0.05) is 37.3 Å². The number of imidazole rings is 2. The van der Waals surface area contributed by atoms with Gasteiger partial charge < -0.3 is 39.9 Å². The number of hydrogen-bond donors (Lipinski definition) is 4. The minimum absolute atomic E-state index is 0.0658. The van der Waals surface area contributed by atoms with Gasteiger partial charge in [0.05, 0.1) is 49.7 Å². The van der Waals surface area contributed by atoms with Crippen LogP contribution in [-0.4, -0.2) is 99.4 Å². The maximum atomic E-state index is 13.9. The van der Waals surface area contributed by atoms with Gasteiger partial charge in [0.25, 0.3) is 0 Å². The first-order valence-corrected chi connectivity index (χ1v) is 18.8. The maximum Gasteiger partial charge on any atom is 0.407 e. The fraction of sp³-hybridized carbons (Fsp3) is 0.341. The highest BCUT2D eigenvalue weighted by Gasteiger charge is 2.49. The minimum atomic E-state index is -0.673. The molecule has 2 aliphatic carbocycles. The molecular weight excluding hydrogens is 716 g/mol. The van der Waals surface area contributed by atoms with E-state index in [4.69, 9.17) is 4.98 Å². The molecule has 1 aliphatic heterocycles. The van der Waals surface area contributed by atoms with Crippen LogP contribution in [0.5, 0.6) is 0 Å². The Hall–Kier alpha value is -6.51. The van der Waals surface area contributed by atoms with Crippen LogP contribution in [0.3, 0.4) is 0 Å². The monoisotopic (exact) mass is 758 g/mol. The van der Waals surface area contributed by atoms with Crippen molar-refractivity contribution in [3.63, 3.8) is 0 Å². The standard InChI is InChI=1S/C41H42N8O7/c1-4-13-48(35(50)19-43-40(53)55-2)21-34-42-18-33(45-34)24-7-11-28-27-10-6-22(15-29(27)38(52)30(28)16-24)23-8-12-31-32(17-23)47-39(46-31)37-25-5-9-26(14-25)49(37)36(51)20-44-41(54)56-3/h6-8,10-12,15-18,25-26,37H,4-5,9,13-14,19-21H2,1-3H3,(H,42,45)(H,43,53)(H,44,54)(H,46,47)/t25-,26+,37-/m0/s1. The highest BCUT2D eigenvalue weighted by molar-refractivity contribution is 6.22. The topological polar surface area (TPSA) is 192 Å². The molecule has 3 aliphatic rings. The number of H-pyrrole nitrogens is 2. The quantitative estimate of drug-likeness (QED) is 0.135. The zero-order valence-corrected chi connectivity index (χ0v) is 31.3. The summed E-state index contributed by atoms with van der Waals surface area (Å²) in [4.78, 5) is 82.7. The van der Waals surface area contributed by atoms with Crippen molar-refractivity contribution in [3.05, 3.63) is 83.6 Å². The van der Waals surface area contributed by atoms with E-state index < -0.39 is 12.2 Å². The fourth-order valence-electron chi connectivity index (χ4n) is 8.45. The Morgan fingerprint density at radius 1 is 0.857 bits per heavy atom. The Labute approximate surface area is 322 Å². The number of hydrogen-bond acceptors (Lipinski definition) is 9. The molecule has 5 aromatic rings. The Bertz CT molecular complexity index is 2380.